The number of nitrogens with zero attached hydrogens (tertiary/aromatic N) is 11. The van der Waals surface area contributed by atoms with Crippen molar-refractivity contribution in [2.45, 2.75) is 25.7 Å². The first kappa shape index (κ1) is 78.0. The van der Waals surface area contributed by atoms with E-state index in [9.17, 15) is 0 Å². The fraction of sp³-hybridized carbons (Fsp3) is 0.0339. The first-order chi connectivity index (χ1) is 63.9. The Morgan fingerprint density at radius 2 is 0.450 bits per heavy atom. The van der Waals surface area contributed by atoms with Crippen molar-refractivity contribution in [1.82, 2.24) is 39.0 Å². The number of rotatable bonds is 24. The molecule has 11 heteroatoms. The van der Waals surface area contributed by atoms with Gasteiger partial charge in [0.15, 0.2) is 34.9 Å². The smallest absolute Gasteiger partial charge is 0.164 e. The molecule has 0 fully saturated rings. The molecule has 22 aromatic rings. The Bertz CT molecular complexity index is 7620. The standard InChI is InChI=1S/C118H85N11/c1-10-34-88(35-11-1)113-119-114(89-36-12-2-13-37-89)122-117(121-113)93-41-31-33-83(75-93)58-59-85-76-103(126(96-46-20-6-21-47-96)97-48-22-7-23-49-97)79-104(77-85)127(98-50-24-8-25-51-98)100-67-65-87(66-68-100)86-61-63-91(64-62-86)116-120-115(90-38-14-3-15-39-90)123-118(124-116)92-40-30-32-82(74-92)56-57-84-60-71-110-106(78-84)108-80-101(125(94-42-16-4-17-43-94)95-44-18-5-19-45-95)69-72-112(108)129(110)102-70-73-111-107(81-102)105-54-28-29-55-109(105)128(111)99-52-26-9-27-53-99/h1-55,60-81H,56-59H2. The van der Waals surface area contributed by atoms with Crippen molar-refractivity contribution in [3.05, 3.63) is 489 Å². The number of aromatic nitrogens is 8. The van der Waals surface area contributed by atoms with E-state index in [0.29, 0.717) is 34.9 Å². The number of fused-ring (bicyclic) bond motifs is 6. The highest BCUT2D eigenvalue weighted by atomic mass is 15.2. The molecule has 0 N–H and O–H groups in total. The van der Waals surface area contributed by atoms with Gasteiger partial charge in [-0.1, -0.05) is 297 Å². The maximum atomic E-state index is 5.32. The summed E-state index contributed by atoms with van der Waals surface area (Å²) in [6.45, 7) is 0. The lowest BCUT2D eigenvalue weighted by Gasteiger charge is -2.30. The predicted octanol–water partition coefficient (Wildman–Crippen LogP) is 29.9. The average molecular weight is 1660 g/mol. The molecule has 612 valence electrons. The molecule has 129 heavy (non-hydrogen) atoms. The van der Waals surface area contributed by atoms with E-state index in [1.807, 2.05) is 78.9 Å². The fourth-order valence-electron chi connectivity index (χ4n) is 18.1. The van der Waals surface area contributed by atoms with Gasteiger partial charge in [-0.2, -0.15) is 0 Å². The number of anilines is 9. The van der Waals surface area contributed by atoms with Gasteiger partial charge in [0.05, 0.1) is 22.1 Å². The van der Waals surface area contributed by atoms with Gasteiger partial charge in [-0.25, -0.2) is 29.9 Å². The molecule has 22 rings (SSSR count). The lowest BCUT2D eigenvalue weighted by molar-refractivity contribution is 0.958. The van der Waals surface area contributed by atoms with Crippen molar-refractivity contribution < 1.29 is 0 Å². The highest BCUT2D eigenvalue weighted by Crippen LogP contribution is 2.46. The van der Waals surface area contributed by atoms with Crippen molar-refractivity contribution in [1.29, 1.82) is 0 Å². The van der Waals surface area contributed by atoms with Gasteiger partial charge in [-0.05, 0) is 229 Å². The summed E-state index contributed by atoms with van der Waals surface area (Å²) in [5, 5.41) is 4.79. The third-order valence-electron chi connectivity index (χ3n) is 24.3. The average Bonchev–Trinajstić information content (AvgIpc) is 1.57. The largest absolute Gasteiger partial charge is 0.310 e. The molecule has 0 saturated heterocycles. The van der Waals surface area contributed by atoms with Gasteiger partial charge < -0.3 is 23.8 Å². The van der Waals surface area contributed by atoms with Crippen molar-refractivity contribution in [2.24, 2.45) is 0 Å². The summed E-state index contributed by atoms with van der Waals surface area (Å²) in [4.78, 5) is 38.1. The van der Waals surface area contributed by atoms with Gasteiger partial charge in [0, 0.05) is 117 Å². The Balaban J connectivity index is 0.566. The molecule has 4 heterocycles. The molecule has 0 unspecified atom stereocenters. The van der Waals surface area contributed by atoms with Crippen LogP contribution in [0.4, 0.5) is 51.2 Å². The Labute approximate surface area is 749 Å². The third-order valence-corrected chi connectivity index (χ3v) is 24.3. The molecule has 0 saturated carbocycles. The van der Waals surface area contributed by atoms with Gasteiger partial charge >= 0.3 is 0 Å². The number of aryl methyl sites for hydroxylation is 4. The summed E-state index contributed by atoms with van der Waals surface area (Å²) in [5.41, 5.74) is 28.8. The highest BCUT2D eigenvalue weighted by molar-refractivity contribution is 6.13. The maximum Gasteiger partial charge on any atom is 0.164 e. The van der Waals surface area contributed by atoms with Crippen LogP contribution < -0.4 is 14.7 Å². The van der Waals surface area contributed by atoms with E-state index in [4.69, 9.17) is 29.9 Å². The molecule has 0 aliphatic carbocycles. The highest BCUT2D eigenvalue weighted by Gasteiger charge is 2.25. The van der Waals surface area contributed by atoms with E-state index in [2.05, 4.69) is 412 Å². The molecule has 18 aromatic carbocycles. The number of para-hydroxylation sites is 7. The van der Waals surface area contributed by atoms with E-state index < -0.39 is 0 Å². The van der Waals surface area contributed by atoms with Crippen LogP contribution in [-0.4, -0.2) is 39.0 Å². The normalized spacial score (nSPS) is 11.4. The SMILES string of the molecule is c1ccc(-c2nc(-c3ccccc3)nc(-c3cccc(CCc4cc(N(c5ccccc5)c5ccccc5)cc(N(c5ccccc5)c5ccc(-c6ccc(-c7nc(-c8ccccc8)nc(-c8cccc(CCc9ccc%10c(c9)c9cc(N(c%11ccccc%11)c%11ccccc%11)ccc9n%10-c9ccc%10c(c9)c9ccccc9n%10-c9ccccc9)c8)n7)cc6)cc5)c4)c3)n2)cc1. The number of benzene rings is 18. The molecule has 0 aliphatic rings. The van der Waals surface area contributed by atoms with E-state index in [-0.39, 0.29) is 0 Å². The second kappa shape index (κ2) is 35.0. The van der Waals surface area contributed by atoms with Crippen LogP contribution in [0.15, 0.2) is 467 Å². The molecule has 0 spiro atoms. The van der Waals surface area contributed by atoms with Crippen LogP contribution in [0.2, 0.25) is 0 Å². The van der Waals surface area contributed by atoms with Crippen LogP contribution in [-0.2, 0) is 25.7 Å². The van der Waals surface area contributed by atoms with Crippen molar-refractivity contribution >= 4 is 94.8 Å². The molecule has 0 bridgehead atoms. The van der Waals surface area contributed by atoms with Crippen molar-refractivity contribution in [2.75, 3.05) is 14.7 Å². The molecule has 4 aromatic heterocycles. The minimum Gasteiger partial charge on any atom is -0.310 e. The van der Waals surface area contributed by atoms with E-state index in [1.165, 1.54) is 54.8 Å². The summed E-state index contributed by atoms with van der Waals surface area (Å²) < 4.78 is 4.84. The first-order valence-corrected chi connectivity index (χ1v) is 44.0. The molecule has 0 aliphatic heterocycles. The zero-order valence-electron chi connectivity index (χ0n) is 70.7. The first-order valence-electron chi connectivity index (χ1n) is 44.0. The predicted molar refractivity (Wildman–Crippen MR) is 532 cm³/mol. The van der Waals surface area contributed by atoms with Crippen molar-refractivity contribution in [3.8, 4) is 90.8 Å². The third kappa shape index (κ3) is 16.0. The molecule has 11 nitrogen and oxygen atoms in total. The minimum absolute atomic E-state index is 0.595. The minimum atomic E-state index is 0.595. The molecule has 0 radical (unpaired) electrons. The monoisotopic (exact) mass is 1660 g/mol. The van der Waals surface area contributed by atoms with Gasteiger partial charge in [-0.3, -0.25) is 0 Å². The van der Waals surface area contributed by atoms with Crippen LogP contribution in [0, 0.1) is 0 Å². The Morgan fingerprint density at radius 3 is 0.899 bits per heavy atom. The van der Waals surface area contributed by atoms with Crippen LogP contribution >= 0.6 is 0 Å². The molecule has 0 atom stereocenters. The van der Waals surface area contributed by atoms with Gasteiger partial charge in [0.2, 0.25) is 0 Å². The molecular formula is C118H85N11. The summed E-state index contributed by atoms with van der Waals surface area (Å²) in [6, 6.07) is 166. The summed E-state index contributed by atoms with van der Waals surface area (Å²) in [6.07, 6.45) is 3.12. The number of hydrogen-bond acceptors (Lipinski definition) is 9. The Hall–Kier alpha value is -17.0. The van der Waals surface area contributed by atoms with E-state index >= 15 is 0 Å². The van der Waals surface area contributed by atoms with E-state index in [0.717, 1.165) is 144 Å². The summed E-state index contributed by atoms with van der Waals surface area (Å²) >= 11 is 0. The van der Waals surface area contributed by atoms with Gasteiger partial charge in [0.25, 0.3) is 0 Å². The van der Waals surface area contributed by atoms with Gasteiger partial charge in [-0.15, -0.1) is 0 Å². The van der Waals surface area contributed by atoms with Crippen LogP contribution in [0.1, 0.15) is 22.3 Å². The van der Waals surface area contributed by atoms with Crippen molar-refractivity contribution in [3.63, 3.8) is 0 Å². The molecular weight excluding hydrogens is 1570 g/mol. The summed E-state index contributed by atoms with van der Waals surface area (Å²) in [5.74, 6) is 3.71. The zero-order chi connectivity index (χ0) is 85.8. The zero-order valence-corrected chi connectivity index (χ0v) is 70.7. The second-order valence-electron chi connectivity index (χ2n) is 32.6. The molecule has 0 amide bonds. The topological polar surface area (TPSA) is 96.9 Å². The maximum absolute atomic E-state index is 5.32. The van der Waals surface area contributed by atoms with Gasteiger partial charge in [0.1, 0.15) is 0 Å². The Kier molecular flexibility index (Phi) is 21.1. The summed E-state index contributed by atoms with van der Waals surface area (Å²) in [7, 11) is 0. The van der Waals surface area contributed by atoms with Crippen LogP contribution in [0.3, 0.4) is 0 Å². The number of hydrogen-bond donors (Lipinski definition) is 0. The quantitative estimate of drug-likeness (QED) is 0.0586. The fourth-order valence-corrected chi connectivity index (χ4v) is 18.1. The lowest BCUT2D eigenvalue weighted by atomic mass is 10.00. The lowest BCUT2D eigenvalue weighted by Crippen LogP contribution is -2.14. The van der Waals surface area contributed by atoms with Crippen LogP contribution in [0.25, 0.3) is 134 Å². The van der Waals surface area contributed by atoms with E-state index in [1.54, 1.807) is 0 Å². The second-order valence-corrected chi connectivity index (χ2v) is 32.6. The van der Waals surface area contributed by atoms with Crippen LogP contribution in [0.5, 0.6) is 0 Å². The Morgan fingerprint density at radius 1 is 0.155 bits per heavy atom.